The fourth-order valence-corrected chi connectivity index (χ4v) is 1.48. The third-order valence-corrected chi connectivity index (χ3v) is 2.38. The highest BCUT2D eigenvalue weighted by atomic mass is 79.9. The molecule has 0 bridgehead atoms. The molecule has 0 unspecified atom stereocenters. The van der Waals surface area contributed by atoms with E-state index in [4.69, 9.17) is 0 Å². The van der Waals surface area contributed by atoms with Crippen molar-refractivity contribution in [1.29, 1.82) is 0 Å². The minimum absolute atomic E-state index is 0.283. The molecule has 0 aliphatic rings. The van der Waals surface area contributed by atoms with Crippen molar-refractivity contribution in [3.63, 3.8) is 0 Å². The molecule has 0 aromatic carbocycles. The first-order chi connectivity index (χ1) is 7.83. The number of pyridine rings is 1. The fraction of sp³-hybridized carbons (Fsp3) is 0.455. The molecule has 0 aliphatic heterocycles. The molecule has 0 aliphatic carbocycles. The topological polar surface area (TPSA) is 71.5 Å². The number of carbonyl (C=O) groups excluding carboxylic acids is 1. The third-order valence-electron chi connectivity index (χ3n) is 1.95. The first-order valence-electron chi connectivity index (χ1n) is 5.03. The average Bonchev–Trinajstić information content (AvgIpc) is 2.25. The van der Waals surface area contributed by atoms with Gasteiger partial charge in [0.2, 0.25) is 0 Å². The molecule has 0 atom stereocenters. The number of esters is 1. The summed E-state index contributed by atoms with van der Waals surface area (Å²) in [7, 11) is 1.31. The van der Waals surface area contributed by atoms with Gasteiger partial charge < -0.3 is 15.2 Å². The van der Waals surface area contributed by atoms with Crippen LogP contribution in [0, 0.1) is 0 Å². The lowest BCUT2D eigenvalue weighted by molar-refractivity contribution is 0.0600. The Hall–Kier alpha value is -1.14. The average molecular weight is 303 g/mol. The smallest absolute Gasteiger partial charge is 0.341 e. The quantitative estimate of drug-likeness (QED) is 0.830. The van der Waals surface area contributed by atoms with Gasteiger partial charge in [-0.3, -0.25) is 0 Å². The summed E-state index contributed by atoms with van der Waals surface area (Å²) in [5, 5.41) is 12.5. The van der Waals surface area contributed by atoms with E-state index in [9.17, 15) is 9.90 Å². The Kier molecular flexibility index (Phi) is 4.47. The van der Waals surface area contributed by atoms with E-state index >= 15 is 0 Å². The number of aromatic nitrogens is 1. The number of hydrogen-bond donors (Lipinski definition) is 2. The van der Waals surface area contributed by atoms with Crippen molar-refractivity contribution < 1.29 is 14.6 Å². The molecule has 94 valence electrons. The van der Waals surface area contributed by atoms with Crippen molar-refractivity contribution in [3.8, 4) is 0 Å². The summed E-state index contributed by atoms with van der Waals surface area (Å²) in [5.74, 6) is -0.0841. The summed E-state index contributed by atoms with van der Waals surface area (Å²) >= 11 is 3.24. The summed E-state index contributed by atoms with van der Waals surface area (Å²) in [6, 6.07) is 1.62. The zero-order valence-corrected chi connectivity index (χ0v) is 11.5. The SMILES string of the molecule is COC(=O)c1cc(Br)cnc1NCC(C)(C)O. The molecule has 1 aromatic rings. The predicted octanol–water partition coefficient (Wildman–Crippen LogP) is 1.81. The van der Waals surface area contributed by atoms with E-state index in [1.165, 1.54) is 7.11 Å². The Morgan fingerprint density at radius 2 is 2.29 bits per heavy atom. The number of aliphatic hydroxyl groups is 1. The number of carbonyl (C=O) groups is 1. The maximum absolute atomic E-state index is 11.5. The van der Waals surface area contributed by atoms with Gasteiger partial charge in [0.15, 0.2) is 0 Å². The van der Waals surface area contributed by atoms with Crippen molar-refractivity contribution in [2.24, 2.45) is 0 Å². The van der Waals surface area contributed by atoms with Crippen LogP contribution in [-0.4, -0.2) is 35.3 Å². The standard InChI is InChI=1S/C11H15BrN2O3/c1-11(2,16)6-14-9-8(10(15)17-3)4-7(12)5-13-9/h4-5,16H,6H2,1-3H3,(H,13,14). The van der Waals surface area contributed by atoms with Crippen LogP contribution in [0.15, 0.2) is 16.7 Å². The van der Waals surface area contributed by atoms with Crippen LogP contribution in [0.3, 0.4) is 0 Å². The van der Waals surface area contributed by atoms with Gasteiger partial charge in [-0.05, 0) is 35.8 Å². The van der Waals surface area contributed by atoms with E-state index in [1.54, 1.807) is 26.1 Å². The van der Waals surface area contributed by atoms with E-state index in [2.05, 4.69) is 31.0 Å². The lowest BCUT2D eigenvalue weighted by atomic mass is 10.1. The van der Waals surface area contributed by atoms with Crippen LogP contribution >= 0.6 is 15.9 Å². The molecule has 0 spiro atoms. The van der Waals surface area contributed by atoms with Gasteiger partial charge in [0.05, 0.1) is 12.7 Å². The molecule has 0 fully saturated rings. The monoisotopic (exact) mass is 302 g/mol. The number of methoxy groups -OCH3 is 1. The van der Waals surface area contributed by atoms with Gasteiger partial charge in [-0.25, -0.2) is 9.78 Å². The van der Waals surface area contributed by atoms with Gasteiger partial charge in [0.1, 0.15) is 11.4 Å². The fourth-order valence-electron chi connectivity index (χ4n) is 1.15. The van der Waals surface area contributed by atoms with Crippen LogP contribution in [-0.2, 0) is 4.74 Å². The molecular weight excluding hydrogens is 288 g/mol. The van der Waals surface area contributed by atoms with Crippen LogP contribution in [0.25, 0.3) is 0 Å². The second-order valence-electron chi connectivity index (χ2n) is 4.21. The van der Waals surface area contributed by atoms with Gasteiger partial charge >= 0.3 is 5.97 Å². The highest BCUT2D eigenvalue weighted by molar-refractivity contribution is 9.10. The van der Waals surface area contributed by atoms with Crippen LogP contribution in [0.4, 0.5) is 5.82 Å². The molecule has 5 nitrogen and oxygen atoms in total. The van der Waals surface area contributed by atoms with Crippen molar-refractivity contribution in [1.82, 2.24) is 4.98 Å². The van der Waals surface area contributed by atoms with E-state index < -0.39 is 11.6 Å². The first-order valence-corrected chi connectivity index (χ1v) is 5.83. The van der Waals surface area contributed by atoms with Gasteiger partial charge in [0.25, 0.3) is 0 Å². The summed E-state index contributed by atoms with van der Waals surface area (Å²) in [6.45, 7) is 3.61. The second-order valence-corrected chi connectivity index (χ2v) is 5.12. The summed E-state index contributed by atoms with van der Waals surface area (Å²) in [6.07, 6.45) is 1.57. The number of anilines is 1. The molecule has 2 N–H and O–H groups in total. The molecule has 0 saturated heterocycles. The highest BCUT2D eigenvalue weighted by Crippen LogP contribution is 2.19. The largest absolute Gasteiger partial charge is 0.465 e. The van der Waals surface area contributed by atoms with Crippen LogP contribution in [0.2, 0.25) is 0 Å². The molecule has 1 heterocycles. The number of nitrogens with zero attached hydrogens (tertiary/aromatic N) is 1. The summed E-state index contributed by atoms with van der Waals surface area (Å²) in [4.78, 5) is 15.6. The van der Waals surface area contributed by atoms with Crippen molar-refractivity contribution >= 4 is 27.7 Å². The van der Waals surface area contributed by atoms with Crippen molar-refractivity contribution in [3.05, 3.63) is 22.3 Å². The minimum Gasteiger partial charge on any atom is -0.465 e. The molecule has 1 rings (SSSR count). The molecule has 0 amide bonds. The molecule has 0 radical (unpaired) electrons. The summed E-state index contributed by atoms with van der Waals surface area (Å²) in [5.41, 5.74) is -0.562. The molecule has 0 saturated carbocycles. The van der Waals surface area contributed by atoms with Gasteiger partial charge in [-0.1, -0.05) is 0 Å². The third kappa shape index (κ3) is 4.32. The Balaban J connectivity index is 2.94. The lowest BCUT2D eigenvalue weighted by Crippen LogP contribution is -2.30. The number of halogens is 1. The normalized spacial score (nSPS) is 11.1. The molecular formula is C11H15BrN2O3. The molecule has 6 heteroatoms. The number of ether oxygens (including phenoxy) is 1. The van der Waals surface area contributed by atoms with Crippen LogP contribution < -0.4 is 5.32 Å². The number of rotatable bonds is 4. The highest BCUT2D eigenvalue weighted by Gasteiger charge is 2.17. The maximum Gasteiger partial charge on any atom is 0.341 e. The number of nitrogens with one attached hydrogen (secondary N) is 1. The van der Waals surface area contributed by atoms with Gasteiger partial charge in [-0.15, -0.1) is 0 Å². The summed E-state index contributed by atoms with van der Waals surface area (Å²) < 4.78 is 5.35. The second kappa shape index (κ2) is 5.46. The van der Waals surface area contributed by atoms with Crippen molar-refractivity contribution in [2.45, 2.75) is 19.4 Å². The molecule has 17 heavy (non-hydrogen) atoms. The minimum atomic E-state index is -0.887. The van der Waals surface area contributed by atoms with E-state index in [0.717, 1.165) is 0 Å². The van der Waals surface area contributed by atoms with Gasteiger partial charge in [-0.2, -0.15) is 0 Å². The lowest BCUT2D eigenvalue weighted by Gasteiger charge is -2.19. The Bertz CT molecular complexity index is 416. The van der Waals surface area contributed by atoms with E-state index in [0.29, 0.717) is 15.9 Å². The number of hydrogen-bond acceptors (Lipinski definition) is 5. The Morgan fingerprint density at radius 1 is 1.65 bits per heavy atom. The zero-order valence-electron chi connectivity index (χ0n) is 9.95. The Morgan fingerprint density at radius 3 is 2.82 bits per heavy atom. The van der Waals surface area contributed by atoms with Crippen LogP contribution in [0.1, 0.15) is 24.2 Å². The predicted molar refractivity (Wildman–Crippen MR) is 68.1 cm³/mol. The van der Waals surface area contributed by atoms with Crippen LogP contribution in [0.5, 0.6) is 0 Å². The van der Waals surface area contributed by atoms with Gasteiger partial charge in [0, 0.05) is 17.2 Å². The van der Waals surface area contributed by atoms with Crippen molar-refractivity contribution in [2.75, 3.05) is 19.0 Å². The zero-order chi connectivity index (χ0) is 13.1. The van der Waals surface area contributed by atoms with E-state index in [-0.39, 0.29) is 6.54 Å². The molecule has 1 aromatic heterocycles. The Labute approximate surface area is 108 Å². The first kappa shape index (κ1) is 13.9. The van der Waals surface area contributed by atoms with E-state index in [1.807, 2.05) is 0 Å². The maximum atomic E-state index is 11.5.